The Hall–Kier alpha value is -0.480. The van der Waals surface area contributed by atoms with Gasteiger partial charge < -0.3 is 9.88 Å². The van der Waals surface area contributed by atoms with Crippen molar-refractivity contribution in [3.05, 3.63) is 18.2 Å². The molecule has 2 aliphatic rings. The molecule has 3 nitrogen and oxygen atoms in total. The third-order valence-electron chi connectivity index (χ3n) is 3.41. The Morgan fingerprint density at radius 2 is 2.47 bits per heavy atom. The topological polar surface area (TPSA) is 29.9 Å². The van der Waals surface area contributed by atoms with Gasteiger partial charge in [0.1, 0.15) is 0 Å². The first-order valence-electron chi connectivity index (χ1n) is 5.78. The standard InChI is InChI=1S/C11H17N3S/c1-2-10(13-4-1)11-6-12-8-14(11)9-3-5-15-7-9/h6,8-10,13H,1-5,7H2/t9?,10-/m0/s1. The highest BCUT2D eigenvalue weighted by atomic mass is 32.2. The number of rotatable bonds is 2. The maximum Gasteiger partial charge on any atom is 0.0951 e. The first kappa shape index (κ1) is 9.73. The number of nitrogens with zero attached hydrogens (tertiary/aromatic N) is 2. The zero-order valence-electron chi connectivity index (χ0n) is 8.85. The summed E-state index contributed by atoms with van der Waals surface area (Å²) < 4.78 is 2.41. The summed E-state index contributed by atoms with van der Waals surface area (Å²) in [6.45, 7) is 1.16. The average Bonchev–Trinajstić information content (AvgIpc) is 3.01. The monoisotopic (exact) mass is 223 g/mol. The molecular weight excluding hydrogens is 206 g/mol. The SMILES string of the molecule is c1ncn(C2CCSC2)c1[C@@H]1CCCN1. The number of hydrogen-bond donors (Lipinski definition) is 1. The normalized spacial score (nSPS) is 31.2. The predicted molar refractivity (Wildman–Crippen MR) is 63.2 cm³/mol. The average molecular weight is 223 g/mol. The Kier molecular flexibility index (Phi) is 2.71. The molecule has 0 saturated carbocycles. The quantitative estimate of drug-likeness (QED) is 0.831. The van der Waals surface area contributed by atoms with Gasteiger partial charge in [-0.3, -0.25) is 0 Å². The molecule has 1 unspecified atom stereocenters. The Morgan fingerprint density at radius 1 is 1.47 bits per heavy atom. The summed E-state index contributed by atoms with van der Waals surface area (Å²) in [6.07, 6.45) is 7.94. The molecule has 2 saturated heterocycles. The van der Waals surface area contributed by atoms with Crippen molar-refractivity contribution < 1.29 is 0 Å². The third-order valence-corrected chi connectivity index (χ3v) is 4.56. The molecular formula is C11H17N3S. The molecule has 0 radical (unpaired) electrons. The predicted octanol–water partition coefficient (Wildman–Crippen LogP) is 1.99. The van der Waals surface area contributed by atoms with E-state index in [2.05, 4.69) is 26.6 Å². The fourth-order valence-electron chi connectivity index (χ4n) is 2.57. The number of thioether (sulfide) groups is 1. The highest BCUT2D eigenvalue weighted by Gasteiger charge is 2.24. The highest BCUT2D eigenvalue weighted by Crippen LogP contribution is 2.32. The second kappa shape index (κ2) is 4.18. The minimum atomic E-state index is 0.554. The number of aromatic nitrogens is 2. The van der Waals surface area contributed by atoms with Crippen LogP contribution in [0.15, 0.2) is 12.5 Å². The minimum Gasteiger partial charge on any atom is -0.329 e. The van der Waals surface area contributed by atoms with Gasteiger partial charge in [-0.25, -0.2) is 4.98 Å². The Labute approximate surface area is 94.7 Å². The summed E-state index contributed by atoms with van der Waals surface area (Å²) in [5.41, 5.74) is 1.40. The fourth-order valence-corrected chi connectivity index (χ4v) is 3.77. The van der Waals surface area contributed by atoms with Gasteiger partial charge in [0.05, 0.1) is 12.0 Å². The van der Waals surface area contributed by atoms with Crippen LogP contribution in [-0.2, 0) is 0 Å². The van der Waals surface area contributed by atoms with E-state index in [9.17, 15) is 0 Å². The largest absolute Gasteiger partial charge is 0.329 e. The number of hydrogen-bond acceptors (Lipinski definition) is 3. The van der Waals surface area contributed by atoms with Crippen LogP contribution in [0.3, 0.4) is 0 Å². The van der Waals surface area contributed by atoms with Crippen LogP contribution < -0.4 is 5.32 Å². The third kappa shape index (κ3) is 1.81. The van der Waals surface area contributed by atoms with Crippen molar-refractivity contribution >= 4 is 11.8 Å². The van der Waals surface area contributed by atoms with Crippen LogP contribution in [0.4, 0.5) is 0 Å². The lowest BCUT2D eigenvalue weighted by atomic mass is 10.1. The van der Waals surface area contributed by atoms with Gasteiger partial charge in [0.15, 0.2) is 0 Å². The van der Waals surface area contributed by atoms with Gasteiger partial charge in [0.2, 0.25) is 0 Å². The van der Waals surface area contributed by atoms with Crippen molar-refractivity contribution in [3.63, 3.8) is 0 Å². The van der Waals surface area contributed by atoms with Crippen molar-refractivity contribution in [2.24, 2.45) is 0 Å². The summed E-state index contributed by atoms with van der Waals surface area (Å²) in [6, 6.07) is 1.24. The lowest BCUT2D eigenvalue weighted by molar-refractivity contribution is 0.498. The minimum absolute atomic E-state index is 0.554. The maximum absolute atomic E-state index is 4.32. The van der Waals surface area contributed by atoms with Crippen LogP contribution in [-0.4, -0.2) is 27.6 Å². The molecule has 1 N–H and O–H groups in total. The number of nitrogens with one attached hydrogen (secondary N) is 1. The molecule has 82 valence electrons. The van der Waals surface area contributed by atoms with Crippen LogP contribution in [0.2, 0.25) is 0 Å². The van der Waals surface area contributed by atoms with Crippen LogP contribution in [0, 0.1) is 0 Å². The molecule has 3 rings (SSSR count). The van der Waals surface area contributed by atoms with Gasteiger partial charge in [0, 0.05) is 24.0 Å². The van der Waals surface area contributed by atoms with Gasteiger partial charge in [-0.15, -0.1) is 0 Å². The zero-order chi connectivity index (χ0) is 10.1. The summed E-state index contributed by atoms with van der Waals surface area (Å²) >= 11 is 2.06. The molecule has 15 heavy (non-hydrogen) atoms. The second-order valence-electron chi connectivity index (χ2n) is 4.39. The second-order valence-corrected chi connectivity index (χ2v) is 5.54. The van der Waals surface area contributed by atoms with Crippen LogP contribution in [0.25, 0.3) is 0 Å². The maximum atomic E-state index is 4.32. The molecule has 3 heterocycles. The molecule has 0 amide bonds. The molecule has 1 aromatic rings. The Balaban J connectivity index is 1.84. The summed E-state index contributed by atoms with van der Waals surface area (Å²) in [4.78, 5) is 4.32. The van der Waals surface area contributed by atoms with Gasteiger partial charge in [-0.1, -0.05) is 0 Å². The number of imidazole rings is 1. The molecule has 0 spiro atoms. The van der Waals surface area contributed by atoms with E-state index >= 15 is 0 Å². The van der Waals surface area contributed by atoms with E-state index in [4.69, 9.17) is 0 Å². The molecule has 1 aromatic heterocycles. The van der Waals surface area contributed by atoms with E-state index in [1.807, 2.05) is 12.5 Å². The van der Waals surface area contributed by atoms with Gasteiger partial charge in [-0.05, 0) is 31.6 Å². The Morgan fingerprint density at radius 3 is 3.20 bits per heavy atom. The summed E-state index contributed by atoms with van der Waals surface area (Å²) in [7, 11) is 0. The van der Waals surface area contributed by atoms with E-state index in [1.165, 1.54) is 36.5 Å². The Bertz CT molecular complexity index is 294. The van der Waals surface area contributed by atoms with Crippen molar-refractivity contribution in [1.82, 2.24) is 14.9 Å². The van der Waals surface area contributed by atoms with Crippen LogP contribution in [0.5, 0.6) is 0 Å². The van der Waals surface area contributed by atoms with Crippen LogP contribution in [0.1, 0.15) is 37.0 Å². The lowest BCUT2D eigenvalue weighted by Gasteiger charge is -2.18. The van der Waals surface area contributed by atoms with Crippen molar-refractivity contribution in [2.75, 3.05) is 18.1 Å². The molecule has 2 aliphatic heterocycles. The van der Waals surface area contributed by atoms with Gasteiger partial charge in [-0.2, -0.15) is 11.8 Å². The molecule has 0 bridgehead atoms. The highest BCUT2D eigenvalue weighted by molar-refractivity contribution is 7.99. The lowest BCUT2D eigenvalue weighted by Crippen LogP contribution is -2.19. The van der Waals surface area contributed by atoms with Gasteiger partial charge >= 0.3 is 0 Å². The summed E-state index contributed by atoms with van der Waals surface area (Å²) in [5.74, 6) is 2.57. The molecule has 0 aliphatic carbocycles. The molecule has 4 heteroatoms. The van der Waals surface area contributed by atoms with E-state index in [0.717, 1.165) is 6.54 Å². The van der Waals surface area contributed by atoms with Crippen molar-refractivity contribution in [2.45, 2.75) is 31.3 Å². The molecule has 2 fully saturated rings. The van der Waals surface area contributed by atoms with Crippen molar-refractivity contribution in [3.8, 4) is 0 Å². The first-order chi connectivity index (χ1) is 7.45. The summed E-state index contributed by atoms with van der Waals surface area (Å²) in [5, 5.41) is 3.56. The van der Waals surface area contributed by atoms with Gasteiger partial charge in [0.25, 0.3) is 0 Å². The fraction of sp³-hybridized carbons (Fsp3) is 0.727. The molecule has 0 aromatic carbocycles. The molecule has 2 atom stereocenters. The van der Waals surface area contributed by atoms with E-state index in [-0.39, 0.29) is 0 Å². The first-order valence-corrected chi connectivity index (χ1v) is 6.93. The van der Waals surface area contributed by atoms with E-state index in [1.54, 1.807) is 0 Å². The smallest absolute Gasteiger partial charge is 0.0951 e. The van der Waals surface area contributed by atoms with E-state index < -0.39 is 0 Å². The van der Waals surface area contributed by atoms with Crippen LogP contribution >= 0.6 is 11.8 Å². The van der Waals surface area contributed by atoms with E-state index in [0.29, 0.717) is 12.1 Å². The zero-order valence-corrected chi connectivity index (χ0v) is 9.67. The van der Waals surface area contributed by atoms with Crippen molar-refractivity contribution in [1.29, 1.82) is 0 Å².